The van der Waals surface area contributed by atoms with E-state index in [0.717, 1.165) is 12.8 Å². The maximum absolute atomic E-state index is 11.9. The number of hydrogen-bond acceptors (Lipinski definition) is 2. The summed E-state index contributed by atoms with van der Waals surface area (Å²) in [5.41, 5.74) is 6.80. The largest absolute Gasteiger partial charge is 0.398 e. The van der Waals surface area contributed by atoms with Crippen LogP contribution in [0.1, 0.15) is 37.0 Å². The minimum absolute atomic E-state index is 0.0264. The Labute approximate surface area is 95.4 Å². The fraction of sp³-hybridized carbons (Fsp3) is 0.417. The summed E-state index contributed by atoms with van der Waals surface area (Å²) in [6, 6.07) is 5.02. The zero-order chi connectivity index (χ0) is 11.4. The van der Waals surface area contributed by atoms with Crippen LogP contribution in [0.15, 0.2) is 18.2 Å². The third-order valence-electron chi connectivity index (χ3n) is 2.45. The molecule has 3 heteroatoms. The molecule has 1 rings (SSSR count). The number of hydrogen-bond donors (Lipinski definition) is 1. The second kappa shape index (κ2) is 5.17. The van der Waals surface area contributed by atoms with Crippen LogP contribution in [0.4, 0.5) is 5.69 Å². The average molecular weight is 226 g/mol. The van der Waals surface area contributed by atoms with Gasteiger partial charge >= 0.3 is 0 Å². The van der Waals surface area contributed by atoms with Crippen molar-refractivity contribution in [1.82, 2.24) is 0 Å². The molecule has 0 saturated carbocycles. The monoisotopic (exact) mass is 225 g/mol. The summed E-state index contributed by atoms with van der Waals surface area (Å²) in [5.74, 6) is 0.129. The molecule has 2 nitrogen and oxygen atoms in total. The first-order valence-corrected chi connectivity index (χ1v) is 5.53. The van der Waals surface area contributed by atoms with Crippen molar-refractivity contribution in [2.24, 2.45) is 5.92 Å². The number of anilines is 1. The molecule has 1 aromatic rings. The molecule has 0 fully saturated rings. The molecule has 0 aliphatic rings. The normalized spacial score (nSPS) is 12.5. The lowest BCUT2D eigenvalue weighted by Gasteiger charge is -2.11. The lowest BCUT2D eigenvalue weighted by Crippen LogP contribution is -2.13. The number of benzene rings is 1. The minimum atomic E-state index is 0.0264. The molecule has 2 N–H and O–H groups in total. The SMILES string of the molecule is CCCC(C)C(=O)c1ccc(Cl)cc1N. The van der Waals surface area contributed by atoms with Gasteiger partial charge in [-0.2, -0.15) is 0 Å². The van der Waals surface area contributed by atoms with E-state index in [1.807, 2.05) is 6.92 Å². The number of ketones is 1. The molecule has 0 aliphatic carbocycles. The van der Waals surface area contributed by atoms with Crippen LogP contribution in [0.5, 0.6) is 0 Å². The first-order valence-electron chi connectivity index (χ1n) is 5.15. The van der Waals surface area contributed by atoms with Gasteiger partial charge in [-0.05, 0) is 24.6 Å². The molecule has 0 aromatic heterocycles. The fourth-order valence-corrected chi connectivity index (χ4v) is 1.77. The maximum Gasteiger partial charge on any atom is 0.167 e. The van der Waals surface area contributed by atoms with Crippen LogP contribution in [0, 0.1) is 5.92 Å². The van der Waals surface area contributed by atoms with Crippen LogP contribution < -0.4 is 5.73 Å². The Hall–Kier alpha value is -1.02. The molecule has 1 atom stereocenters. The number of halogens is 1. The van der Waals surface area contributed by atoms with Gasteiger partial charge in [-0.3, -0.25) is 4.79 Å². The Kier molecular flexibility index (Phi) is 4.15. The van der Waals surface area contributed by atoms with Gasteiger partial charge < -0.3 is 5.73 Å². The van der Waals surface area contributed by atoms with Crippen molar-refractivity contribution >= 4 is 23.1 Å². The highest BCUT2D eigenvalue weighted by atomic mass is 35.5. The summed E-state index contributed by atoms with van der Waals surface area (Å²) in [4.78, 5) is 11.9. The van der Waals surface area contributed by atoms with E-state index in [2.05, 4.69) is 6.92 Å². The average Bonchev–Trinajstić information content (AvgIpc) is 2.17. The Morgan fingerprint density at radius 3 is 2.73 bits per heavy atom. The molecule has 0 heterocycles. The van der Waals surface area contributed by atoms with E-state index in [-0.39, 0.29) is 11.7 Å². The van der Waals surface area contributed by atoms with Crippen molar-refractivity contribution in [2.45, 2.75) is 26.7 Å². The maximum atomic E-state index is 11.9. The third kappa shape index (κ3) is 2.96. The van der Waals surface area contributed by atoms with E-state index in [1.165, 1.54) is 0 Å². The molecule has 1 unspecified atom stereocenters. The lowest BCUT2D eigenvalue weighted by molar-refractivity contribution is 0.0924. The molecule has 15 heavy (non-hydrogen) atoms. The Balaban J connectivity index is 2.91. The van der Waals surface area contributed by atoms with Crippen LogP contribution in [0.3, 0.4) is 0 Å². The van der Waals surface area contributed by atoms with Crippen LogP contribution in [-0.2, 0) is 0 Å². The standard InChI is InChI=1S/C12H16ClNO/c1-3-4-8(2)12(15)10-6-5-9(13)7-11(10)14/h5-8H,3-4,14H2,1-2H3. The Morgan fingerprint density at radius 1 is 1.53 bits per heavy atom. The molecule has 1 aromatic carbocycles. The van der Waals surface area contributed by atoms with Crippen molar-refractivity contribution in [3.63, 3.8) is 0 Å². The summed E-state index contributed by atoms with van der Waals surface area (Å²) in [5, 5.41) is 0.562. The number of nitrogen functional groups attached to an aromatic ring is 1. The van der Waals surface area contributed by atoms with Gasteiger partial charge in [-0.15, -0.1) is 0 Å². The molecular formula is C12H16ClNO. The number of carbonyl (C=O) groups excluding carboxylic acids is 1. The number of carbonyl (C=O) groups is 1. The Bertz CT molecular complexity index is 363. The van der Waals surface area contributed by atoms with Gasteiger partial charge in [0.25, 0.3) is 0 Å². The van der Waals surface area contributed by atoms with Crippen molar-refractivity contribution in [1.29, 1.82) is 0 Å². The van der Waals surface area contributed by atoms with Gasteiger partial charge in [0, 0.05) is 22.2 Å². The zero-order valence-corrected chi connectivity index (χ0v) is 9.84. The fourth-order valence-electron chi connectivity index (χ4n) is 1.59. The van der Waals surface area contributed by atoms with Crippen LogP contribution in [-0.4, -0.2) is 5.78 Å². The van der Waals surface area contributed by atoms with Gasteiger partial charge in [-0.25, -0.2) is 0 Å². The summed E-state index contributed by atoms with van der Waals surface area (Å²) >= 11 is 5.77. The van der Waals surface area contributed by atoms with Crippen molar-refractivity contribution in [3.8, 4) is 0 Å². The minimum Gasteiger partial charge on any atom is -0.398 e. The van der Waals surface area contributed by atoms with Crippen LogP contribution in [0.25, 0.3) is 0 Å². The van der Waals surface area contributed by atoms with E-state index < -0.39 is 0 Å². The highest BCUT2D eigenvalue weighted by molar-refractivity contribution is 6.31. The summed E-state index contributed by atoms with van der Waals surface area (Å²) in [7, 11) is 0. The van der Waals surface area contributed by atoms with E-state index in [9.17, 15) is 4.79 Å². The topological polar surface area (TPSA) is 43.1 Å². The molecular weight excluding hydrogens is 210 g/mol. The van der Waals surface area contributed by atoms with Crippen LogP contribution >= 0.6 is 11.6 Å². The first kappa shape index (κ1) is 12.1. The molecule has 0 spiro atoms. The molecule has 0 aliphatic heterocycles. The van der Waals surface area contributed by atoms with E-state index in [4.69, 9.17) is 17.3 Å². The second-order valence-corrected chi connectivity index (χ2v) is 4.22. The van der Waals surface area contributed by atoms with Crippen molar-refractivity contribution in [3.05, 3.63) is 28.8 Å². The Morgan fingerprint density at radius 2 is 2.20 bits per heavy atom. The van der Waals surface area contributed by atoms with E-state index >= 15 is 0 Å². The number of nitrogens with two attached hydrogens (primary N) is 1. The second-order valence-electron chi connectivity index (χ2n) is 3.79. The predicted molar refractivity (Wildman–Crippen MR) is 64.3 cm³/mol. The van der Waals surface area contributed by atoms with E-state index in [0.29, 0.717) is 16.3 Å². The number of rotatable bonds is 4. The summed E-state index contributed by atoms with van der Waals surface area (Å²) in [6.45, 7) is 3.99. The van der Waals surface area contributed by atoms with Gasteiger partial charge in [0.1, 0.15) is 0 Å². The first-order chi connectivity index (χ1) is 7.06. The molecule has 0 amide bonds. The summed E-state index contributed by atoms with van der Waals surface area (Å²) in [6.07, 6.45) is 1.89. The van der Waals surface area contributed by atoms with E-state index in [1.54, 1.807) is 18.2 Å². The number of Topliss-reactive ketones (excluding diaryl/α,β-unsaturated/α-hetero) is 1. The van der Waals surface area contributed by atoms with Crippen molar-refractivity contribution < 1.29 is 4.79 Å². The molecule has 0 radical (unpaired) electrons. The molecule has 82 valence electrons. The summed E-state index contributed by atoms with van der Waals surface area (Å²) < 4.78 is 0. The quantitative estimate of drug-likeness (QED) is 0.629. The lowest BCUT2D eigenvalue weighted by atomic mass is 9.94. The highest BCUT2D eigenvalue weighted by Gasteiger charge is 2.16. The van der Waals surface area contributed by atoms with Crippen LogP contribution in [0.2, 0.25) is 5.02 Å². The van der Waals surface area contributed by atoms with Gasteiger partial charge in [0.2, 0.25) is 0 Å². The predicted octanol–water partition coefficient (Wildman–Crippen LogP) is 3.54. The van der Waals surface area contributed by atoms with Gasteiger partial charge in [-0.1, -0.05) is 31.9 Å². The third-order valence-corrected chi connectivity index (χ3v) is 2.68. The van der Waals surface area contributed by atoms with Crippen molar-refractivity contribution in [2.75, 3.05) is 5.73 Å². The molecule has 0 saturated heterocycles. The highest BCUT2D eigenvalue weighted by Crippen LogP contribution is 2.22. The smallest absolute Gasteiger partial charge is 0.167 e. The van der Waals surface area contributed by atoms with Gasteiger partial charge in [0.15, 0.2) is 5.78 Å². The van der Waals surface area contributed by atoms with Gasteiger partial charge in [0.05, 0.1) is 0 Å². The molecule has 0 bridgehead atoms. The zero-order valence-electron chi connectivity index (χ0n) is 9.09.